The van der Waals surface area contributed by atoms with Gasteiger partial charge in [0.1, 0.15) is 11.9 Å². The van der Waals surface area contributed by atoms with Gasteiger partial charge in [0.05, 0.1) is 6.04 Å². The highest BCUT2D eigenvalue weighted by atomic mass is 127. The van der Waals surface area contributed by atoms with Crippen LogP contribution in [0.4, 0.5) is 0 Å². The van der Waals surface area contributed by atoms with Crippen LogP contribution in [0, 0.1) is 3.57 Å². The second kappa shape index (κ2) is 6.26. The number of benzene rings is 2. The van der Waals surface area contributed by atoms with E-state index in [0.717, 1.165) is 16.6 Å². The number of halogens is 2. The van der Waals surface area contributed by atoms with E-state index in [1.54, 1.807) is 0 Å². The van der Waals surface area contributed by atoms with Gasteiger partial charge >= 0.3 is 0 Å². The molecule has 2 atom stereocenters. The van der Waals surface area contributed by atoms with Crippen LogP contribution in [0.2, 0.25) is 0 Å². The van der Waals surface area contributed by atoms with Crippen molar-refractivity contribution in [1.29, 1.82) is 0 Å². The summed E-state index contributed by atoms with van der Waals surface area (Å²) in [6.45, 7) is 2.12. The monoisotopic (exact) mass is 457 g/mol. The first kappa shape index (κ1) is 15.3. The minimum absolute atomic E-state index is 0.190. The molecule has 0 saturated carbocycles. The van der Waals surface area contributed by atoms with Gasteiger partial charge in [0.15, 0.2) is 0 Å². The maximum absolute atomic E-state index is 5.79. The molecule has 2 unspecified atom stereocenters. The molecule has 2 aromatic rings. The van der Waals surface area contributed by atoms with Crippen LogP contribution in [0.25, 0.3) is 0 Å². The summed E-state index contributed by atoms with van der Waals surface area (Å²) in [6.07, 6.45) is 1.28. The molecule has 0 aromatic heterocycles. The molecule has 1 aliphatic heterocycles. The molecule has 4 heteroatoms. The number of hydrogen-bond donors (Lipinski definition) is 1. The van der Waals surface area contributed by atoms with Gasteiger partial charge in [0.25, 0.3) is 0 Å². The van der Waals surface area contributed by atoms with E-state index in [-0.39, 0.29) is 12.1 Å². The topological polar surface area (TPSA) is 21.3 Å². The van der Waals surface area contributed by atoms with Gasteiger partial charge in [-0.25, -0.2) is 0 Å². The maximum Gasteiger partial charge on any atom is 0.123 e. The average molecular weight is 458 g/mol. The lowest BCUT2D eigenvalue weighted by Crippen LogP contribution is -2.19. The summed E-state index contributed by atoms with van der Waals surface area (Å²) in [4.78, 5) is 0. The number of nitrogens with one attached hydrogen (secondary N) is 1. The van der Waals surface area contributed by atoms with Gasteiger partial charge in [-0.2, -0.15) is 0 Å². The van der Waals surface area contributed by atoms with Gasteiger partial charge in [-0.05, 0) is 77.5 Å². The molecule has 0 amide bonds. The van der Waals surface area contributed by atoms with Crippen molar-refractivity contribution >= 4 is 38.5 Å². The van der Waals surface area contributed by atoms with Crippen molar-refractivity contribution in [3.63, 3.8) is 0 Å². The summed E-state index contributed by atoms with van der Waals surface area (Å²) in [5, 5.41) is 3.44. The van der Waals surface area contributed by atoms with Crippen molar-refractivity contribution in [3.05, 3.63) is 61.1 Å². The van der Waals surface area contributed by atoms with E-state index in [1.165, 1.54) is 20.3 Å². The van der Waals surface area contributed by atoms with Crippen LogP contribution >= 0.6 is 38.5 Å². The second-order valence-corrected chi connectivity index (χ2v) is 7.47. The molecule has 0 aliphatic carbocycles. The lowest BCUT2D eigenvalue weighted by atomic mass is 9.96. The molecule has 1 N–H and O–H groups in total. The lowest BCUT2D eigenvalue weighted by Gasteiger charge is -2.20. The Morgan fingerprint density at radius 2 is 2.10 bits per heavy atom. The van der Waals surface area contributed by atoms with E-state index in [2.05, 4.69) is 87.2 Å². The van der Waals surface area contributed by atoms with Crippen LogP contribution in [0.3, 0.4) is 0 Å². The molecule has 1 heterocycles. The minimum atomic E-state index is 0.190. The largest absolute Gasteiger partial charge is 0.490 e. The summed E-state index contributed by atoms with van der Waals surface area (Å²) in [5.41, 5.74) is 3.88. The van der Waals surface area contributed by atoms with Crippen LogP contribution in [0.5, 0.6) is 5.75 Å². The molecular formula is C17H17BrINO. The number of hydrogen-bond acceptors (Lipinski definition) is 2. The molecular weight excluding hydrogens is 441 g/mol. The van der Waals surface area contributed by atoms with E-state index in [1.807, 2.05) is 7.05 Å². The molecule has 0 saturated heterocycles. The number of ether oxygens (including phenoxy) is 1. The third-order valence-corrected chi connectivity index (χ3v) is 5.29. The Balaban J connectivity index is 2.01. The van der Waals surface area contributed by atoms with E-state index < -0.39 is 0 Å². The Labute approximate surface area is 147 Å². The minimum Gasteiger partial charge on any atom is -0.490 e. The molecule has 110 valence electrons. The number of rotatable bonds is 3. The molecule has 21 heavy (non-hydrogen) atoms. The van der Waals surface area contributed by atoms with Crippen LogP contribution in [-0.4, -0.2) is 13.2 Å². The van der Waals surface area contributed by atoms with Gasteiger partial charge in [0, 0.05) is 14.5 Å². The molecule has 0 bridgehead atoms. The smallest absolute Gasteiger partial charge is 0.123 e. The zero-order chi connectivity index (χ0) is 15.0. The van der Waals surface area contributed by atoms with E-state index in [4.69, 9.17) is 4.74 Å². The Bertz CT molecular complexity index is 674. The fourth-order valence-corrected chi connectivity index (χ4v) is 3.88. The molecule has 0 spiro atoms. The Hall–Kier alpha value is -0.590. The van der Waals surface area contributed by atoms with Gasteiger partial charge in [-0.15, -0.1) is 0 Å². The highest BCUT2D eigenvalue weighted by Gasteiger charge is 2.22. The SMILES string of the molecule is CNC(c1ccc2c(c1)CC(C)O2)c1cc(Br)ccc1I. The Morgan fingerprint density at radius 3 is 2.86 bits per heavy atom. The van der Waals surface area contributed by atoms with Crippen molar-refractivity contribution < 1.29 is 4.74 Å². The van der Waals surface area contributed by atoms with Gasteiger partial charge in [0.2, 0.25) is 0 Å². The standard InChI is InChI=1S/C17H17BrINO/c1-10-7-12-8-11(3-6-16(12)21-10)17(20-2)14-9-13(18)4-5-15(14)19/h3-6,8-10,17,20H,7H2,1-2H3. The summed E-state index contributed by atoms with van der Waals surface area (Å²) in [5.74, 6) is 1.03. The highest BCUT2D eigenvalue weighted by Crippen LogP contribution is 2.34. The lowest BCUT2D eigenvalue weighted by molar-refractivity contribution is 0.254. The first-order valence-electron chi connectivity index (χ1n) is 7.00. The highest BCUT2D eigenvalue weighted by molar-refractivity contribution is 14.1. The first-order chi connectivity index (χ1) is 10.1. The average Bonchev–Trinajstić information content (AvgIpc) is 2.83. The molecule has 0 radical (unpaired) electrons. The van der Waals surface area contributed by atoms with Gasteiger partial charge in [-0.3, -0.25) is 0 Å². The fourth-order valence-electron chi connectivity index (χ4n) is 2.86. The van der Waals surface area contributed by atoms with Gasteiger partial charge < -0.3 is 10.1 Å². The summed E-state index contributed by atoms with van der Waals surface area (Å²) in [7, 11) is 2.01. The third-order valence-electron chi connectivity index (χ3n) is 3.81. The first-order valence-corrected chi connectivity index (χ1v) is 8.87. The zero-order valence-electron chi connectivity index (χ0n) is 12.0. The van der Waals surface area contributed by atoms with Crippen molar-refractivity contribution in [1.82, 2.24) is 5.32 Å². The van der Waals surface area contributed by atoms with Crippen LogP contribution in [0.15, 0.2) is 40.9 Å². The predicted molar refractivity (Wildman–Crippen MR) is 98.0 cm³/mol. The van der Waals surface area contributed by atoms with E-state index >= 15 is 0 Å². The predicted octanol–water partition coefficient (Wildman–Crippen LogP) is 4.69. The molecule has 3 rings (SSSR count). The van der Waals surface area contributed by atoms with Crippen molar-refractivity contribution in [3.8, 4) is 5.75 Å². The fraction of sp³-hybridized carbons (Fsp3) is 0.294. The summed E-state index contributed by atoms with van der Waals surface area (Å²) >= 11 is 5.97. The van der Waals surface area contributed by atoms with Crippen molar-refractivity contribution in [2.75, 3.05) is 7.05 Å². The quantitative estimate of drug-likeness (QED) is 0.675. The molecule has 1 aliphatic rings. The molecule has 2 nitrogen and oxygen atoms in total. The second-order valence-electron chi connectivity index (χ2n) is 5.39. The summed E-state index contributed by atoms with van der Waals surface area (Å²) < 4.78 is 8.17. The van der Waals surface area contributed by atoms with Gasteiger partial charge in [-0.1, -0.05) is 28.1 Å². The van der Waals surface area contributed by atoms with E-state index in [0.29, 0.717) is 0 Å². The number of fused-ring (bicyclic) bond motifs is 1. The zero-order valence-corrected chi connectivity index (χ0v) is 15.7. The molecule has 2 aromatic carbocycles. The van der Waals surface area contributed by atoms with Crippen LogP contribution in [-0.2, 0) is 6.42 Å². The Morgan fingerprint density at radius 1 is 1.29 bits per heavy atom. The van der Waals surface area contributed by atoms with Crippen molar-refractivity contribution in [2.45, 2.75) is 25.5 Å². The van der Waals surface area contributed by atoms with Crippen molar-refractivity contribution in [2.24, 2.45) is 0 Å². The third kappa shape index (κ3) is 3.12. The van der Waals surface area contributed by atoms with Crippen LogP contribution < -0.4 is 10.1 Å². The molecule has 0 fully saturated rings. The normalized spacial score (nSPS) is 18.2. The summed E-state index contributed by atoms with van der Waals surface area (Å²) in [6, 6.07) is 13.1. The Kier molecular flexibility index (Phi) is 4.57. The van der Waals surface area contributed by atoms with E-state index in [9.17, 15) is 0 Å². The van der Waals surface area contributed by atoms with Crippen LogP contribution in [0.1, 0.15) is 29.7 Å². The maximum atomic E-state index is 5.79.